The molecule has 0 spiro atoms. The highest BCUT2D eigenvalue weighted by atomic mass is 16.5. The molecule has 1 aliphatic carbocycles. The number of hydrogen-bond donors (Lipinski definition) is 1. The Kier molecular flexibility index (Phi) is 1.42. The van der Waals surface area contributed by atoms with Gasteiger partial charge in [0.1, 0.15) is 0 Å². The molecular formula is C8H13NO. The van der Waals surface area contributed by atoms with Crippen molar-refractivity contribution in [1.29, 1.82) is 0 Å². The van der Waals surface area contributed by atoms with E-state index in [4.69, 9.17) is 4.74 Å². The van der Waals surface area contributed by atoms with Gasteiger partial charge in [-0.15, -0.1) is 0 Å². The van der Waals surface area contributed by atoms with Crippen LogP contribution in [0.5, 0.6) is 0 Å². The standard InChI is InChI=1S/C8H13NO/c1-10-5-8-6-2-7(8)4-9-3-6/h5-7,9H,2-4H2,1H3. The summed E-state index contributed by atoms with van der Waals surface area (Å²) in [5.41, 5.74) is 1.53. The fourth-order valence-corrected chi connectivity index (χ4v) is 1.95. The molecule has 2 unspecified atom stereocenters. The van der Waals surface area contributed by atoms with Crippen molar-refractivity contribution in [3.8, 4) is 0 Å². The summed E-state index contributed by atoms with van der Waals surface area (Å²) in [6, 6.07) is 0. The summed E-state index contributed by atoms with van der Waals surface area (Å²) >= 11 is 0. The molecule has 10 heavy (non-hydrogen) atoms. The van der Waals surface area contributed by atoms with E-state index in [2.05, 4.69) is 5.32 Å². The number of nitrogens with one attached hydrogen (secondary N) is 1. The van der Waals surface area contributed by atoms with E-state index < -0.39 is 0 Å². The van der Waals surface area contributed by atoms with Crippen molar-refractivity contribution in [2.24, 2.45) is 11.8 Å². The molecule has 3 aliphatic rings. The summed E-state index contributed by atoms with van der Waals surface area (Å²) in [6.45, 7) is 2.32. The monoisotopic (exact) mass is 139 g/mol. The Morgan fingerprint density at radius 3 is 2.70 bits per heavy atom. The number of piperidine rings is 2. The molecule has 0 radical (unpaired) electrons. The second kappa shape index (κ2) is 2.27. The van der Waals surface area contributed by atoms with Gasteiger partial charge in [-0.25, -0.2) is 0 Å². The molecule has 2 atom stereocenters. The Labute approximate surface area is 61.3 Å². The molecule has 3 rings (SSSR count). The van der Waals surface area contributed by atoms with E-state index in [1.54, 1.807) is 7.11 Å². The van der Waals surface area contributed by atoms with Crippen molar-refractivity contribution in [2.45, 2.75) is 6.42 Å². The molecule has 2 aliphatic heterocycles. The molecule has 0 aromatic carbocycles. The van der Waals surface area contributed by atoms with E-state index in [9.17, 15) is 0 Å². The minimum absolute atomic E-state index is 0.790. The predicted molar refractivity (Wildman–Crippen MR) is 39.6 cm³/mol. The molecule has 3 fully saturated rings. The third-order valence-electron chi connectivity index (χ3n) is 2.55. The third-order valence-corrected chi connectivity index (χ3v) is 2.55. The summed E-state index contributed by atoms with van der Waals surface area (Å²) in [5, 5.41) is 3.38. The molecule has 1 N–H and O–H groups in total. The Bertz CT molecular complexity index is 149. The largest absolute Gasteiger partial charge is 0.504 e. The first-order valence-electron chi connectivity index (χ1n) is 3.85. The van der Waals surface area contributed by atoms with Crippen molar-refractivity contribution in [1.82, 2.24) is 5.32 Å². The average molecular weight is 139 g/mol. The minimum Gasteiger partial charge on any atom is -0.504 e. The molecule has 56 valence electrons. The first kappa shape index (κ1) is 6.23. The van der Waals surface area contributed by atoms with Gasteiger partial charge in [-0.05, 0) is 23.8 Å². The van der Waals surface area contributed by atoms with E-state index in [0.717, 1.165) is 24.9 Å². The van der Waals surface area contributed by atoms with Gasteiger partial charge in [0.25, 0.3) is 0 Å². The smallest absolute Gasteiger partial charge is 0.0823 e. The van der Waals surface area contributed by atoms with Crippen molar-refractivity contribution >= 4 is 0 Å². The van der Waals surface area contributed by atoms with Crippen LogP contribution in [0.1, 0.15) is 6.42 Å². The van der Waals surface area contributed by atoms with Gasteiger partial charge in [0.2, 0.25) is 0 Å². The van der Waals surface area contributed by atoms with Gasteiger partial charge in [0, 0.05) is 13.1 Å². The molecule has 2 nitrogen and oxygen atoms in total. The Morgan fingerprint density at radius 1 is 1.50 bits per heavy atom. The van der Waals surface area contributed by atoms with Crippen molar-refractivity contribution in [3.05, 3.63) is 11.8 Å². The van der Waals surface area contributed by atoms with Gasteiger partial charge in [-0.1, -0.05) is 0 Å². The van der Waals surface area contributed by atoms with Crippen LogP contribution >= 0.6 is 0 Å². The first-order chi connectivity index (χ1) is 4.92. The maximum absolute atomic E-state index is 4.99. The lowest BCUT2D eigenvalue weighted by Gasteiger charge is -2.44. The van der Waals surface area contributed by atoms with Gasteiger partial charge >= 0.3 is 0 Å². The average Bonchev–Trinajstić information content (AvgIpc) is 2.01. The maximum atomic E-state index is 4.99. The van der Waals surface area contributed by atoms with Crippen LogP contribution in [0.4, 0.5) is 0 Å². The predicted octanol–water partition coefficient (Wildman–Crippen LogP) is 0.756. The van der Waals surface area contributed by atoms with E-state index in [1.165, 1.54) is 12.0 Å². The van der Waals surface area contributed by atoms with Gasteiger partial charge < -0.3 is 10.1 Å². The van der Waals surface area contributed by atoms with Crippen molar-refractivity contribution in [2.75, 3.05) is 20.2 Å². The zero-order valence-corrected chi connectivity index (χ0v) is 6.26. The first-order valence-corrected chi connectivity index (χ1v) is 3.85. The number of rotatable bonds is 1. The number of methoxy groups -OCH3 is 1. The fourth-order valence-electron chi connectivity index (χ4n) is 1.95. The zero-order valence-electron chi connectivity index (χ0n) is 6.26. The summed E-state index contributed by atoms with van der Waals surface area (Å²) in [7, 11) is 1.73. The van der Waals surface area contributed by atoms with E-state index in [0.29, 0.717) is 0 Å². The molecular weight excluding hydrogens is 126 g/mol. The van der Waals surface area contributed by atoms with Crippen LogP contribution in [0.2, 0.25) is 0 Å². The molecule has 0 aromatic heterocycles. The second-order valence-electron chi connectivity index (χ2n) is 3.14. The second-order valence-corrected chi connectivity index (χ2v) is 3.14. The van der Waals surface area contributed by atoms with E-state index in [1.807, 2.05) is 6.26 Å². The molecule has 2 bridgehead atoms. The molecule has 1 saturated carbocycles. The SMILES string of the molecule is COC=C1C2CNCC1C2. The maximum Gasteiger partial charge on any atom is 0.0823 e. The van der Waals surface area contributed by atoms with Crippen LogP contribution in [0, 0.1) is 11.8 Å². The van der Waals surface area contributed by atoms with Crippen LogP contribution < -0.4 is 5.32 Å². The molecule has 0 amide bonds. The van der Waals surface area contributed by atoms with Crippen molar-refractivity contribution in [3.63, 3.8) is 0 Å². The lowest BCUT2D eigenvalue weighted by molar-refractivity contribution is 0.213. The lowest BCUT2D eigenvalue weighted by atomic mass is 9.67. The van der Waals surface area contributed by atoms with Gasteiger partial charge in [0.15, 0.2) is 0 Å². The summed E-state index contributed by atoms with van der Waals surface area (Å²) in [6.07, 6.45) is 3.31. The molecule has 2 heterocycles. The fraction of sp³-hybridized carbons (Fsp3) is 0.750. The molecule has 2 heteroatoms. The third kappa shape index (κ3) is 0.754. The molecule has 0 aromatic rings. The highest BCUT2D eigenvalue weighted by Gasteiger charge is 2.38. The van der Waals surface area contributed by atoms with Gasteiger partial charge in [-0.3, -0.25) is 0 Å². The number of fused-ring (bicyclic) bond motifs is 2. The van der Waals surface area contributed by atoms with Crippen LogP contribution in [0.25, 0.3) is 0 Å². The molecule has 2 saturated heterocycles. The highest BCUT2D eigenvalue weighted by Crippen LogP contribution is 2.41. The lowest BCUT2D eigenvalue weighted by Crippen LogP contribution is -2.47. The van der Waals surface area contributed by atoms with Crippen LogP contribution in [0.15, 0.2) is 11.8 Å². The van der Waals surface area contributed by atoms with Gasteiger partial charge in [-0.2, -0.15) is 0 Å². The minimum atomic E-state index is 0.790. The van der Waals surface area contributed by atoms with Gasteiger partial charge in [0.05, 0.1) is 13.4 Å². The van der Waals surface area contributed by atoms with Crippen LogP contribution in [-0.2, 0) is 4.74 Å². The number of ether oxygens (including phenoxy) is 1. The quantitative estimate of drug-likeness (QED) is 0.541. The Balaban J connectivity index is 2.05. The normalized spacial score (nSPS) is 36.7. The van der Waals surface area contributed by atoms with E-state index >= 15 is 0 Å². The number of hydrogen-bond acceptors (Lipinski definition) is 2. The van der Waals surface area contributed by atoms with Crippen LogP contribution in [0.3, 0.4) is 0 Å². The highest BCUT2D eigenvalue weighted by molar-refractivity contribution is 5.21. The summed E-state index contributed by atoms with van der Waals surface area (Å²) in [5.74, 6) is 1.58. The Morgan fingerprint density at radius 2 is 2.20 bits per heavy atom. The Hall–Kier alpha value is -0.500. The summed E-state index contributed by atoms with van der Waals surface area (Å²) in [4.78, 5) is 0. The topological polar surface area (TPSA) is 21.3 Å². The van der Waals surface area contributed by atoms with Crippen molar-refractivity contribution < 1.29 is 4.74 Å². The van der Waals surface area contributed by atoms with E-state index in [-0.39, 0.29) is 0 Å². The zero-order chi connectivity index (χ0) is 6.97. The van der Waals surface area contributed by atoms with Crippen LogP contribution in [-0.4, -0.2) is 20.2 Å². The summed E-state index contributed by atoms with van der Waals surface area (Å²) < 4.78 is 4.99.